The lowest BCUT2D eigenvalue weighted by Gasteiger charge is -2.38. The zero-order valence-corrected chi connectivity index (χ0v) is 20.7. The van der Waals surface area contributed by atoms with Crippen molar-refractivity contribution in [2.45, 2.75) is 77.4 Å². The molecule has 2 aromatic carbocycles. The highest BCUT2D eigenvalue weighted by molar-refractivity contribution is 5.69. The third-order valence-electron chi connectivity index (χ3n) is 6.18. The molecule has 0 aliphatic carbocycles. The largest absolute Gasteiger partial charge is 0.445 e. The molecule has 2 amide bonds. The number of carbonyl (C=O) groups is 2. The molecular weight excluding hydrogens is 432 g/mol. The van der Waals surface area contributed by atoms with E-state index in [1.165, 1.54) is 0 Å². The molecule has 1 fully saturated rings. The third kappa shape index (κ3) is 6.29. The van der Waals surface area contributed by atoms with E-state index in [4.69, 9.17) is 9.47 Å². The maximum absolute atomic E-state index is 12.9. The van der Waals surface area contributed by atoms with E-state index >= 15 is 0 Å². The van der Waals surface area contributed by atoms with Crippen molar-refractivity contribution in [3.63, 3.8) is 0 Å². The minimum absolute atomic E-state index is 0.194. The number of nitrogens with one attached hydrogen (secondary N) is 1. The van der Waals surface area contributed by atoms with Crippen molar-refractivity contribution in [3.05, 3.63) is 71.3 Å². The van der Waals surface area contributed by atoms with Crippen LogP contribution in [-0.2, 0) is 16.1 Å². The van der Waals surface area contributed by atoms with Gasteiger partial charge in [-0.1, -0.05) is 54.6 Å². The highest BCUT2D eigenvalue weighted by atomic mass is 16.6. The van der Waals surface area contributed by atoms with Crippen LogP contribution >= 0.6 is 0 Å². The first-order valence-corrected chi connectivity index (χ1v) is 11.8. The fraction of sp³-hybridized carbons (Fsp3) is 0.481. The summed E-state index contributed by atoms with van der Waals surface area (Å²) in [5, 5.41) is 14.1. The number of benzene rings is 2. The number of aliphatic hydroxyl groups is 1. The zero-order valence-electron chi connectivity index (χ0n) is 20.7. The molecule has 34 heavy (non-hydrogen) atoms. The average molecular weight is 469 g/mol. The summed E-state index contributed by atoms with van der Waals surface area (Å²) in [4.78, 5) is 26.6. The summed E-state index contributed by atoms with van der Waals surface area (Å²) in [5.74, 6) is 0. The Morgan fingerprint density at radius 2 is 1.71 bits per heavy atom. The number of rotatable bonds is 6. The number of aliphatic hydroxyl groups excluding tert-OH is 1. The molecule has 0 radical (unpaired) electrons. The van der Waals surface area contributed by atoms with Gasteiger partial charge in [0, 0.05) is 6.54 Å². The van der Waals surface area contributed by atoms with E-state index in [9.17, 15) is 14.7 Å². The van der Waals surface area contributed by atoms with Gasteiger partial charge in [-0.05, 0) is 64.2 Å². The first-order valence-electron chi connectivity index (χ1n) is 11.8. The number of nitrogens with zero attached hydrogens (tertiary/aromatic N) is 1. The molecule has 0 spiro atoms. The summed E-state index contributed by atoms with van der Waals surface area (Å²) < 4.78 is 10.9. The van der Waals surface area contributed by atoms with E-state index in [-0.39, 0.29) is 12.6 Å². The first-order chi connectivity index (χ1) is 16.0. The lowest BCUT2D eigenvalue weighted by molar-refractivity contribution is -0.00276. The van der Waals surface area contributed by atoms with Crippen LogP contribution in [0.2, 0.25) is 0 Å². The molecule has 1 saturated heterocycles. The summed E-state index contributed by atoms with van der Waals surface area (Å²) in [5.41, 5.74) is 1.18. The molecule has 0 saturated carbocycles. The molecule has 1 unspecified atom stereocenters. The zero-order chi connectivity index (χ0) is 24.9. The SMILES string of the molecule is C[C@H](NC(=O)OC(C)(C)C)c1ccc(C(O)[C@]2(C)CCCN2C(=O)OCc2ccccc2)cc1. The van der Waals surface area contributed by atoms with Crippen LogP contribution in [0.1, 0.15) is 76.3 Å². The van der Waals surface area contributed by atoms with Gasteiger partial charge in [0.25, 0.3) is 0 Å². The van der Waals surface area contributed by atoms with Gasteiger partial charge in [0.15, 0.2) is 0 Å². The van der Waals surface area contributed by atoms with E-state index < -0.39 is 29.4 Å². The number of carbonyl (C=O) groups excluding carboxylic acids is 2. The van der Waals surface area contributed by atoms with Crippen LogP contribution in [0.4, 0.5) is 9.59 Å². The lowest BCUT2D eigenvalue weighted by atomic mass is 9.86. The van der Waals surface area contributed by atoms with Crippen LogP contribution in [0.3, 0.4) is 0 Å². The molecule has 2 aromatic rings. The van der Waals surface area contributed by atoms with Crippen molar-refractivity contribution >= 4 is 12.2 Å². The summed E-state index contributed by atoms with van der Waals surface area (Å²) in [6.07, 6.45) is -0.306. The molecule has 1 aliphatic rings. The van der Waals surface area contributed by atoms with E-state index in [1.807, 2.05) is 89.2 Å². The summed E-state index contributed by atoms with van der Waals surface area (Å²) in [6.45, 7) is 9.95. The van der Waals surface area contributed by atoms with Crippen LogP contribution in [-0.4, -0.2) is 39.9 Å². The Balaban J connectivity index is 1.64. The molecule has 2 N–H and O–H groups in total. The monoisotopic (exact) mass is 468 g/mol. The molecule has 0 aromatic heterocycles. The van der Waals surface area contributed by atoms with Crippen molar-refractivity contribution in [3.8, 4) is 0 Å². The highest BCUT2D eigenvalue weighted by Gasteiger charge is 2.46. The Morgan fingerprint density at radius 1 is 1.09 bits per heavy atom. The maximum Gasteiger partial charge on any atom is 0.410 e. The first kappa shape index (κ1) is 25.6. The van der Waals surface area contributed by atoms with E-state index in [2.05, 4.69) is 5.32 Å². The number of alkyl carbamates (subject to hydrolysis) is 1. The van der Waals surface area contributed by atoms with E-state index in [1.54, 1.807) is 4.90 Å². The van der Waals surface area contributed by atoms with Crippen molar-refractivity contribution in [1.82, 2.24) is 10.2 Å². The molecule has 3 atom stereocenters. The normalized spacial score (nSPS) is 19.9. The smallest absolute Gasteiger partial charge is 0.410 e. The van der Waals surface area contributed by atoms with Gasteiger partial charge in [0.1, 0.15) is 18.3 Å². The van der Waals surface area contributed by atoms with Crippen LogP contribution in [0.15, 0.2) is 54.6 Å². The van der Waals surface area contributed by atoms with Crippen molar-refractivity contribution < 1.29 is 24.2 Å². The number of hydrogen-bond acceptors (Lipinski definition) is 5. The van der Waals surface area contributed by atoms with Gasteiger partial charge in [-0.25, -0.2) is 9.59 Å². The van der Waals surface area contributed by atoms with Crippen molar-refractivity contribution in [2.75, 3.05) is 6.54 Å². The number of amides is 2. The van der Waals surface area contributed by atoms with Crippen LogP contribution < -0.4 is 5.32 Å². The van der Waals surface area contributed by atoms with Gasteiger partial charge < -0.3 is 19.9 Å². The second-order valence-electron chi connectivity index (χ2n) is 10.1. The molecule has 184 valence electrons. The molecule has 7 heteroatoms. The maximum atomic E-state index is 12.9. The number of likely N-dealkylation sites (tertiary alicyclic amines) is 1. The molecule has 0 bridgehead atoms. The molecule has 7 nitrogen and oxygen atoms in total. The van der Waals surface area contributed by atoms with Gasteiger partial charge in [-0.15, -0.1) is 0 Å². The number of ether oxygens (including phenoxy) is 2. The molecule has 3 rings (SSSR count). The van der Waals surface area contributed by atoms with Gasteiger partial charge in [-0.2, -0.15) is 0 Å². The Hall–Kier alpha value is -3.06. The van der Waals surface area contributed by atoms with Gasteiger partial charge >= 0.3 is 12.2 Å². The summed E-state index contributed by atoms with van der Waals surface area (Å²) >= 11 is 0. The molecule has 1 aliphatic heterocycles. The average Bonchev–Trinajstić information content (AvgIpc) is 3.19. The topological polar surface area (TPSA) is 88.1 Å². The van der Waals surface area contributed by atoms with Gasteiger partial charge in [0.2, 0.25) is 0 Å². The van der Waals surface area contributed by atoms with E-state index in [0.29, 0.717) is 18.5 Å². The minimum atomic E-state index is -0.873. The Kier molecular flexibility index (Phi) is 7.87. The standard InChI is InChI=1S/C27H36N2O5/c1-19(28-24(31)34-26(2,3)4)21-12-14-22(15-13-21)23(30)27(5)16-9-17-29(27)25(32)33-18-20-10-7-6-8-11-20/h6-8,10-15,19,23,30H,9,16-18H2,1-5H3,(H,28,31)/t19-,23?,27-/m0/s1. The fourth-order valence-corrected chi connectivity index (χ4v) is 4.26. The summed E-state index contributed by atoms with van der Waals surface area (Å²) in [6, 6.07) is 16.7. The Bertz CT molecular complexity index is 971. The summed E-state index contributed by atoms with van der Waals surface area (Å²) in [7, 11) is 0. The second kappa shape index (κ2) is 10.5. The molecular formula is C27H36N2O5. The number of hydrogen-bond donors (Lipinski definition) is 2. The van der Waals surface area contributed by atoms with Crippen molar-refractivity contribution in [1.29, 1.82) is 0 Å². The minimum Gasteiger partial charge on any atom is -0.445 e. The van der Waals surface area contributed by atoms with Gasteiger partial charge in [-0.3, -0.25) is 4.90 Å². The van der Waals surface area contributed by atoms with E-state index in [0.717, 1.165) is 17.5 Å². The van der Waals surface area contributed by atoms with Crippen LogP contribution in [0.25, 0.3) is 0 Å². The Morgan fingerprint density at radius 3 is 2.32 bits per heavy atom. The second-order valence-corrected chi connectivity index (χ2v) is 10.1. The van der Waals surface area contributed by atoms with Crippen molar-refractivity contribution in [2.24, 2.45) is 0 Å². The quantitative estimate of drug-likeness (QED) is 0.585. The predicted molar refractivity (Wildman–Crippen MR) is 130 cm³/mol. The predicted octanol–water partition coefficient (Wildman–Crippen LogP) is 5.50. The molecule has 1 heterocycles. The lowest BCUT2D eigenvalue weighted by Crippen LogP contribution is -2.49. The van der Waals surface area contributed by atoms with Gasteiger partial charge in [0.05, 0.1) is 11.6 Å². The van der Waals surface area contributed by atoms with Crippen LogP contribution in [0, 0.1) is 0 Å². The third-order valence-corrected chi connectivity index (χ3v) is 6.18. The van der Waals surface area contributed by atoms with Crippen LogP contribution in [0.5, 0.6) is 0 Å². The highest BCUT2D eigenvalue weighted by Crippen LogP contribution is 2.40. The Labute approximate surface area is 202 Å². The fourth-order valence-electron chi connectivity index (χ4n) is 4.26.